The van der Waals surface area contributed by atoms with Crippen LogP contribution in [0, 0.1) is 0 Å². The highest BCUT2D eigenvalue weighted by Crippen LogP contribution is 2.32. The van der Waals surface area contributed by atoms with Gasteiger partial charge in [-0.1, -0.05) is 29.4 Å². The van der Waals surface area contributed by atoms with E-state index in [0.29, 0.717) is 51.8 Å². The van der Waals surface area contributed by atoms with Crippen molar-refractivity contribution in [3.05, 3.63) is 77.3 Å². The van der Waals surface area contributed by atoms with Crippen LogP contribution in [-0.2, 0) is 16.0 Å². The number of hydrogen-bond acceptors (Lipinski definition) is 7. The lowest BCUT2D eigenvalue weighted by Gasteiger charge is -2.32. The fraction of sp³-hybridized carbons (Fsp3) is 0.250. The second kappa shape index (κ2) is 12.7. The number of amidine groups is 1. The highest BCUT2D eigenvalue weighted by molar-refractivity contribution is 8.15. The molecule has 1 aliphatic heterocycles. The molecule has 198 valence electrons. The van der Waals surface area contributed by atoms with Gasteiger partial charge < -0.3 is 19.5 Å². The van der Waals surface area contributed by atoms with Crippen molar-refractivity contribution >= 4 is 51.7 Å². The van der Waals surface area contributed by atoms with Gasteiger partial charge in [0.1, 0.15) is 11.0 Å². The van der Waals surface area contributed by atoms with Crippen LogP contribution in [0.1, 0.15) is 12.0 Å². The lowest BCUT2D eigenvalue weighted by Crippen LogP contribution is -2.46. The molecule has 3 aromatic carbocycles. The average Bonchev–Trinajstić information content (AvgIpc) is 2.93. The Labute approximate surface area is 230 Å². The van der Waals surface area contributed by atoms with Crippen LogP contribution in [0.15, 0.2) is 71.7 Å². The van der Waals surface area contributed by atoms with Crippen LogP contribution in [0.25, 0.3) is 0 Å². The number of rotatable bonds is 9. The highest BCUT2D eigenvalue weighted by atomic mass is 35.5. The predicted octanol–water partition coefficient (Wildman–Crippen LogP) is 5.57. The number of thioether (sulfide) groups is 1. The fourth-order valence-corrected chi connectivity index (χ4v) is 5.11. The molecule has 0 aliphatic carbocycles. The smallest absolute Gasteiger partial charge is 0.238 e. The fourth-order valence-electron chi connectivity index (χ4n) is 3.86. The predicted molar refractivity (Wildman–Crippen MR) is 151 cm³/mol. The standard InChI is InChI=1S/C28H28ClN3O5S/c1-35-22-11-9-20(10-12-22)30-27(34)25-17-26(33)32(28(38-25)31-21-7-5-19(29)6-8-21)15-14-18-4-13-23(36-2)24(16-18)37-3/h4-13,16,25H,14-15,17H2,1-3H3,(H,30,34)/t25-/m1/s1. The van der Waals surface area contributed by atoms with Gasteiger partial charge in [0.15, 0.2) is 16.7 Å². The third kappa shape index (κ3) is 6.79. The Hall–Kier alpha value is -3.69. The van der Waals surface area contributed by atoms with Crippen LogP contribution < -0.4 is 19.5 Å². The molecule has 1 N–H and O–H groups in total. The van der Waals surface area contributed by atoms with Gasteiger partial charge in [0, 0.05) is 23.7 Å². The molecule has 1 atom stereocenters. The number of methoxy groups -OCH3 is 3. The number of ether oxygens (including phenoxy) is 3. The lowest BCUT2D eigenvalue weighted by atomic mass is 10.1. The number of hydrogen-bond donors (Lipinski definition) is 1. The first-order valence-electron chi connectivity index (χ1n) is 11.9. The number of aliphatic imine (C=N–C) groups is 1. The summed E-state index contributed by atoms with van der Waals surface area (Å²) in [4.78, 5) is 32.8. The molecule has 2 amide bonds. The molecular formula is C28H28ClN3O5S. The Balaban J connectivity index is 1.54. The Bertz CT molecular complexity index is 1320. The first-order valence-corrected chi connectivity index (χ1v) is 13.1. The molecule has 1 aliphatic rings. The minimum absolute atomic E-state index is 0.0538. The van der Waals surface area contributed by atoms with E-state index in [0.717, 1.165) is 5.56 Å². The molecular weight excluding hydrogens is 526 g/mol. The zero-order valence-electron chi connectivity index (χ0n) is 21.3. The van der Waals surface area contributed by atoms with Crippen LogP contribution in [0.2, 0.25) is 5.02 Å². The Kier molecular flexibility index (Phi) is 9.15. The van der Waals surface area contributed by atoms with E-state index in [1.54, 1.807) is 74.8 Å². The van der Waals surface area contributed by atoms with E-state index in [4.69, 9.17) is 30.8 Å². The Morgan fingerprint density at radius 1 is 1.00 bits per heavy atom. The minimum Gasteiger partial charge on any atom is -0.497 e. The summed E-state index contributed by atoms with van der Waals surface area (Å²) >= 11 is 7.30. The summed E-state index contributed by atoms with van der Waals surface area (Å²) < 4.78 is 15.9. The zero-order chi connectivity index (χ0) is 27.1. The number of anilines is 1. The number of nitrogens with zero attached hydrogens (tertiary/aromatic N) is 2. The van der Waals surface area contributed by atoms with Gasteiger partial charge in [0.2, 0.25) is 11.8 Å². The second-order valence-electron chi connectivity index (χ2n) is 8.38. The van der Waals surface area contributed by atoms with Crippen LogP contribution >= 0.6 is 23.4 Å². The van der Waals surface area contributed by atoms with E-state index in [1.165, 1.54) is 11.8 Å². The molecule has 8 nitrogen and oxygen atoms in total. The van der Waals surface area contributed by atoms with Crippen molar-refractivity contribution in [1.29, 1.82) is 0 Å². The van der Waals surface area contributed by atoms with Crippen molar-refractivity contribution in [3.8, 4) is 17.2 Å². The van der Waals surface area contributed by atoms with Crippen molar-refractivity contribution < 1.29 is 23.8 Å². The largest absolute Gasteiger partial charge is 0.497 e. The van der Waals surface area contributed by atoms with Gasteiger partial charge in [-0.3, -0.25) is 14.5 Å². The van der Waals surface area contributed by atoms with Crippen molar-refractivity contribution in [2.75, 3.05) is 33.2 Å². The van der Waals surface area contributed by atoms with E-state index >= 15 is 0 Å². The molecule has 10 heteroatoms. The number of carbonyl (C=O) groups is 2. The van der Waals surface area contributed by atoms with E-state index in [2.05, 4.69) is 5.32 Å². The molecule has 3 aromatic rings. The van der Waals surface area contributed by atoms with Gasteiger partial charge in [-0.25, -0.2) is 4.99 Å². The third-order valence-electron chi connectivity index (χ3n) is 5.91. The maximum Gasteiger partial charge on any atom is 0.238 e. The van der Waals surface area contributed by atoms with Crippen LogP contribution in [0.3, 0.4) is 0 Å². The van der Waals surface area contributed by atoms with Crippen molar-refractivity contribution in [1.82, 2.24) is 4.90 Å². The van der Waals surface area contributed by atoms with Crippen molar-refractivity contribution in [2.45, 2.75) is 18.1 Å². The van der Waals surface area contributed by atoms with Crippen LogP contribution in [0.5, 0.6) is 17.2 Å². The van der Waals surface area contributed by atoms with Gasteiger partial charge >= 0.3 is 0 Å². The highest BCUT2D eigenvalue weighted by Gasteiger charge is 2.35. The molecule has 0 spiro atoms. The van der Waals surface area contributed by atoms with Crippen LogP contribution in [0.4, 0.5) is 11.4 Å². The van der Waals surface area contributed by atoms with E-state index in [1.807, 2.05) is 18.2 Å². The van der Waals surface area contributed by atoms with Crippen molar-refractivity contribution in [3.63, 3.8) is 0 Å². The maximum atomic E-state index is 13.3. The quantitative estimate of drug-likeness (QED) is 0.373. The molecule has 0 aromatic heterocycles. The molecule has 1 saturated heterocycles. The molecule has 0 radical (unpaired) electrons. The van der Waals surface area contributed by atoms with Gasteiger partial charge in [0.05, 0.1) is 27.0 Å². The molecule has 38 heavy (non-hydrogen) atoms. The lowest BCUT2D eigenvalue weighted by molar-refractivity contribution is -0.129. The van der Waals surface area contributed by atoms with Gasteiger partial charge in [0.25, 0.3) is 0 Å². The van der Waals surface area contributed by atoms with E-state index < -0.39 is 5.25 Å². The van der Waals surface area contributed by atoms with Gasteiger partial charge in [-0.05, 0) is 72.6 Å². The number of amides is 2. The van der Waals surface area contributed by atoms with Crippen molar-refractivity contribution in [2.24, 2.45) is 4.99 Å². The number of nitrogens with one attached hydrogen (secondary N) is 1. The molecule has 4 rings (SSSR count). The summed E-state index contributed by atoms with van der Waals surface area (Å²) in [5.41, 5.74) is 2.23. The van der Waals surface area contributed by atoms with Gasteiger partial charge in [-0.2, -0.15) is 0 Å². The molecule has 0 saturated carbocycles. The Morgan fingerprint density at radius 3 is 2.37 bits per heavy atom. The summed E-state index contributed by atoms with van der Waals surface area (Å²) in [5.74, 6) is 1.50. The summed E-state index contributed by atoms with van der Waals surface area (Å²) in [5, 5.41) is 3.30. The molecule has 0 unspecified atom stereocenters. The minimum atomic E-state index is -0.631. The summed E-state index contributed by atoms with van der Waals surface area (Å²) in [6, 6.07) is 19.7. The summed E-state index contributed by atoms with van der Waals surface area (Å²) in [6.07, 6.45) is 0.618. The summed E-state index contributed by atoms with van der Waals surface area (Å²) in [6.45, 7) is 0.389. The van der Waals surface area contributed by atoms with Gasteiger partial charge in [-0.15, -0.1) is 0 Å². The maximum absolute atomic E-state index is 13.3. The van der Waals surface area contributed by atoms with E-state index in [9.17, 15) is 9.59 Å². The first kappa shape index (κ1) is 27.3. The molecule has 1 heterocycles. The first-order chi connectivity index (χ1) is 18.4. The SMILES string of the molecule is COc1ccc(NC(=O)[C@H]2CC(=O)N(CCc3ccc(OC)c(OC)c3)C(=Nc3ccc(Cl)cc3)S2)cc1. The Morgan fingerprint density at radius 2 is 1.71 bits per heavy atom. The monoisotopic (exact) mass is 553 g/mol. The topological polar surface area (TPSA) is 89.5 Å². The normalized spacial score (nSPS) is 16.3. The van der Waals surface area contributed by atoms with E-state index in [-0.39, 0.29) is 18.2 Å². The summed E-state index contributed by atoms with van der Waals surface area (Å²) in [7, 11) is 4.75. The van der Waals surface area contributed by atoms with Crippen LogP contribution in [-0.4, -0.2) is 55.0 Å². The number of benzene rings is 3. The average molecular weight is 554 g/mol. The second-order valence-corrected chi connectivity index (χ2v) is 9.99. The molecule has 0 bridgehead atoms. The number of halogens is 1. The third-order valence-corrected chi connectivity index (χ3v) is 7.35. The molecule has 1 fully saturated rings. The zero-order valence-corrected chi connectivity index (χ0v) is 22.8. The number of carbonyl (C=O) groups excluding carboxylic acids is 2.